The van der Waals surface area contributed by atoms with Crippen molar-refractivity contribution in [3.05, 3.63) is 60.3 Å². The lowest BCUT2D eigenvalue weighted by atomic mass is 10.1. The maximum atomic E-state index is 12.8. The van der Waals surface area contributed by atoms with Gasteiger partial charge in [-0.2, -0.15) is 10.1 Å². The summed E-state index contributed by atoms with van der Waals surface area (Å²) in [7, 11) is 0.585. The number of amides is 1. The lowest BCUT2D eigenvalue weighted by molar-refractivity contribution is -0.120. The quantitative estimate of drug-likeness (QED) is 0.377. The lowest BCUT2D eigenvalue weighted by Crippen LogP contribution is -2.21. The van der Waals surface area contributed by atoms with Crippen LogP contribution in [0.2, 0.25) is 0 Å². The minimum atomic E-state index is -1.27. The summed E-state index contributed by atoms with van der Waals surface area (Å²) in [6.07, 6.45) is 1.85. The Morgan fingerprint density at radius 2 is 1.89 bits per heavy atom. The fraction of sp³-hybridized carbons (Fsp3) is 0.280. The average Bonchev–Trinajstić information content (AvgIpc) is 3.27. The molecule has 1 fully saturated rings. The SMILES string of the molecule is Cc1cc(-c2nc(-c3ccc(S(=O)CNc4cccc(NC(=O)C5(C)CC5)c4)cc3)no2)nn1C. The first kappa shape index (κ1) is 23.0. The normalized spacial score (nSPS) is 14.9. The zero-order valence-electron chi connectivity index (χ0n) is 19.7. The molecule has 1 aliphatic rings. The van der Waals surface area contributed by atoms with Gasteiger partial charge in [0.25, 0.3) is 5.89 Å². The van der Waals surface area contributed by atoms with Crippen LogP contribution >= 0.6 is 0 Å². The Balaban J connectivity index is 1.20. The molecule has 1 saturated carbocycles. The predicted octanol–water partition coefficient (Wildman–Crippen LogP) is 4.36. The summed E-state index contributed by atoms with van der Waals surface area (Å²) < 4.78 is 19.9. The summed E-state index contributed by atoms with van der Waals surface area (Å²) in [6, 6.07) is 16.5. The lowest BCUT2D eigenvalue weighted by Gasteiger charge is -2.12. The number of benzene rings is 2. The third-order valence-corrected chi connectivity index (χ3v) is 7.41. The molecule has 1 aliphatic carbocycles. The fourth-order valence-corrected chi connectivity index (χ4v) is 4.41. The van der Waals surface area contributed by atoms with Crippen LogP contribution in [0, 0.1) is 12.3 Å². The van der Waals surface area contributed by atoms with E-state index in [0.29, 0.717) is 22.3 Å². The van der Waals surface area contributed by atoms with Crippen molar-refractivity contribution in [2.75, 3.05) is 16.5 Å². The summed E-state index contributed by atoms with van der Waals surface area (Å²) in [5.74, 6) is 1.07. The van der Waals surface area contributed by atoms with E-state index in [1.807, 2.05) is 63.4 Å². The highest BCUT2D eigenvalue weighted by molar-refractivity contribution is 7.85. The maximum Gasteiger partial charge on any atom is 0.278 e. The molecular formula is C25H26N6O3S. The van der Waals surface area contributed by atoms with Gasteiger partial charge in [0.2, 0.25) is 11.7 Å². The Morgan fingerprint density at radius 1 is 1.14 bits per heavy atom. The van der Waals surface area contributed by atoms with Crippen molar-refractivity contribution >= 4 is 28.1 Å². The van der Waals surface area contributed by atoms with Crippen molar-refractivity contribution < 1.29 is 13.5 Å². The van der Waals surface area contributed by atoms with Crippen molar-refractivity contribution in [3.63, 3.8) is 0 Å². The highest BCUT2D eigenvalue weighted by Gasteiger charge is 2.44. The van der Waals surface area contributed by atoms with Gasteiger partial charge in [-0.15, -0.1) is 0 Å². The van der Waals surface area contributed by atoms with Crippen LogP contribution in [-0.4, -0.2) is 35.9 Å². The van der Waals surface area contributed by atoms with Gasteiger partial charge in [0.1, 0.15) is 0 Å². The van der Waals surface area contributed by atoms with Crippen LogP contribution in [0.4, 0.5) is 11.4 Å². The summed E-state index contributed by atoms with van der Waals surface area (Å²) in [5, 5.41) is 14.5. The number of aromatic nitrogens is 4. The monoisotopic (exact) mass is 490 g/mol. The number of nitrogens with one attached hydrogen (secondary N) is 2. The third-order valence-electron chi connectivity index (χ3n) is 6.21. The molecule has 2 aromatic carbocycles. The molecule has 9 nitrogen and oxygen atoms in total. The van der Waals surface area contributed by atoms with Crippen molar-refractivity contribution in [2.24, 2.45) is 12.5 Å². The topological polar surface area (TPSA) is 115 Å². The van der Waals surface area contributed by atoms with Gasteiger partial charge in [0, 0.05) is 40.0 Å². The number of hydrogen-bond acceptors (Lipinski definition) is 7. The highest BCUT2D eigenvalue weighted by Crippen LogP contribution is 2.45. The molecule has 10 heteroatoms. The Labute approximate surface area is 205 Å². The van der Waals surface area contributed by atoms with E-state index < -0.39 is 10.8 Å². The number of aryl methyl sites for hydroxylation is 2. The van der Waals surface area contributed by atoms with Crippen molar-refractivity contribution in [1.29, 1.82) is 0 Å². The second kappa shape index (κ2) is 9.10. The van der Waals surface area contributed by atoms with Crippen LogP contribution in [0.15, 0.2) is 64.0 Å². The first-order chi connectivity index (χ1) is 16.8. The fourth-order valence-electron chi connectivity index (χ4n) is 3.50. The van der Waals surface area contributed by atoms with Crippen LogP contribution in [0.25, 0.3) is 23.0 Å². The number of carbonyl (C=O) groups excluding carboxylic acids is 1. The molecule has 2 aromatic heterocycles. The molecule has 1 unspecified atom stereocenters. The van der Waals surface area contributed by atoms with Gasteiger partial charge in [0.15, 0.2) is 5.69 Å². The average molecular weight is 491 g/mol. The Bertz CT molecular complexity index is 1390. The predicted molar refractivity (Wildman–Crippen MR) is 134 cm³/mol. The number of nitrogens with zero attached hydrogens (tertiary/aromatic N) is 4. The van der Waals surface area contributed by atoms with Crippen LogP contribution in [0.5, 0.6) is 0 Å². The molecule has 1 amide bonds. The molecular weight excluding hydrogens is 464 g/mol. The van der Waals surface area contributed by atoms with Crippen molar-refractivity contribution in [2.45, 2.75) is 31.6 Å². The summed E-state index contributed by atoms with van der Waals surface area (Å²) >= 11 is 0. The molecule has 0 saturated heterocycles. The first-order valence-electron chi connectivity index (χ1n) is 11.3. The Morgan fingerprint density at radius 3 is 2.57 bits per heavy atom. The van der Waals surface area contributed by atoms with Crippen LogP contribution in [0.1, 0.15) is 25.5 Å². The molecule has 35 heavy (non-hydrogen) atoms. The molecule has 180 valence electrons. The second-order valence-electron chi connectivity index (χ2n) is 9.00. The molecule has 4 aromatic rings. The van der Waals surface area contributed by atoms with E-state index in [1.54, 1.807) is 16.8 Å². The number of anilines is 2. The molecule has 0 spiro atoms. The van der Waals surface area contributed by atoms with E-state index in [1.165, 1.54) is 0 Å². The van der Waals surface area contributed by atoms with E-state index in [2.05, 4.69) is 25.9 Å². The van der Waals surface area contributed by atoms with E-state index in [4.69, 9.17) is 4.52 Å². The second-order valence-corrected chi connectivity index (χ2v) is 10.5. The van der Waals surface area contributed by atoms with Gasteiger partial charge in [-0.25, -0.2) is 0 Å². The van der Waals surface area contributed by atoms with Crippen LogP contribution in [0.3, 0.4) is 0 Å². The number of hydrogen-bond donors (Lipinski definition) is 2. The minimum Gasteiger partial charge on any atom is -0.373 e. The molecule has 2 N–H and O–H groups in total. The minimum absolute atomic E-state index is 0.0437. The first-order valence-corrected chi connectivity index (χ1v) is 12.6. The van der Waals surface area contributed by atoms with Crippen molar-refractivity contribution in [3.8, 4) is 23.0 Å². The Kier molecular flexibility index (Phi) is 5.98. The smallest absolute Gasteiger partial charge is 0.278 e. The number of rotatable bonds is 8. The summed E-state index contributed by atoms with van der Waals surface area (Å²) in [6.45, 7) is 3.92. The van der Waals surface area contributed by atoms with E-state index in [9.17, 15) is 9.00 Å². The van der Waals surface area contributed by atoms with Gasteiger partial charge < -0.3 is 15.2 Å². The number of carbonyl (C=O) groups is 1. The zero-order valence-corrected chi connectivity index (χ0v) is 20.6. The molecule has 2 heterocycles. The highest BCUT2D eigenvalue weighted by atomic mass is 32.2. The van der Waals surface area contributed by atoms with Crippen molar-refractivity contribution in [1.82, 2.24) is 19.9 Å². The van der Waals surface area contributed by atoms with Gasteiger partial charge >= 0.3 is 0 Å². The van der Waals surface area contributed by atoms with Crippen LogP contribution < -0.4 is 10.6 Å². The van der Waals surface area contributed by atoms with E-state index in [-0.39, 0.29) is 17.2 Å². The van der Waals surface area contributed by atoms with E-state index >= 15 is 0 Å². The molecule has 0 aliphatic heterocycles. The molecule has 0 radical (unpaired) electrons. The van der Waals surface area contributed by atoms with Gasteiger partial charge in [-0.1, -0.05) is 18.1 Å². The summed E-state index contributed by atoms with van der Waals surface area (Å²) in [4.78, 5) is 17.4. The molecule has 1 atom stereocenters. The Hall–Kier alpha value is -3.79. The zero-order chi connectivity index (χ0) is 24.6. The van der Waals surface area contributed by atoms with Gasteiger partial charge in [-0.05, 0) is 68.3 Å². The maximum absolute atomic E-state index is 12.8. The van der Waals surface area contributed by atoms with Gasteiger partial charge in [-0.3, -0.25) is 13.7 Å². The standard InChI is InChI=1S/C25H26N6O3S/c1-16-13-21(29-31(16)3)23-28-22(30-34-23)17-7-9-20(10-8-17)35(33)15-26-18-5-4-6-19(14-18)27-24(32)25(2)11-12-25/h4-10,13-14,26H,11-12,15H2,1-3H3,(H,27,32). The van der Waals surface area contributed by atoms with E-state index in [0.717, 1.165) is 35.5 Å². The summed E-state index contributed by atoms with van der Waals surface area (Å²) in [5.41, 5.74) is 3.65. The largest absolute Gasteiger partial charge is 0.373 e. The van der Waals surface area contributed by atoms with Gasteiger partial charge in [0.05, 0.1) is 16.7 Å². The van der Waals surface area contributed by atoms with Crippen LogP contribution in [-0.2, 0) is 22.6 Å². The molecule has 5 rings (SSSR count). The molecule has 0 bridgehead atoms. The third kappa shape index (κ3) is 5.02.